The van der Waals surface area contributed by atoms with Crippen LogP contribution in [0.1, 0.15) is 31.2 Å². The molecule has 6 heteroatoms. The molecule has 1 aromatic carbocycles. The molecular weight excluding hydrogens is 321 g/mol. The normalized spacial score (nSPS) is 25.0. The molecule has 0 amide bonds. The molecular formula is C19H28FN3O2. The first-order valence-corrected chi connectivity index (χ1v) is 9.01. The molecule has 3 N–H and O–H groups in total. The number of halogens is 1. The molecule has 1 atom stereocenters. The molecule has 1 heterocycles. The molecule has 138 valence electrons. The van der Waals surface area contributed by atoms with E-state index in [9.17, 15) is 9.50 Å². The van der Waals surface area contributed by atoms with E-state index in [1.165, 1.54) is 17.7 Å². The quantitative estimate of drug-likeness (QED) is 0.519. The average Bonchev–Trinajstić information content (AvgIpc) is 3.27. The van der Waals surface area contributed by atoms with E-state index in [1.54, 1.807) is 7.05 Å². The van der Waals surface area contributed by atoms with Crippen molar-refractivity contribution >= 4 is 5.96 Å². The van der Waals surface area contributed by atoms with E-state index in [-0.39, 0.29) is 23.3 Å². The van der Waals surface area contributed by atoms with Crippen LogP contribution in [0, 0.1) is 11.2 Å². The summed E-state index contributed by atoms with van der Waals surface area (Å²) in [6.07, 6.45) is 3.89. The number of hydrogen-bond donors (Lipinski definition) is 3. The topological polar surface area (TPSA) is 65.9 Å². The Balaban J connectivity index is 1.53. The molecule has 1 aromatic rings. The van der Waals surface area contributed by atoms with Crippen molar-refractivity contribution in [3.8, 4) is 0 Å². The molecule has 2 aliphatic rings. The fraction of sp³-hybridized carbons (Fsp3) is 0.632. The van der Waals surface area contributed by atoms with E-state index in [0.717, 1.165) is 51.3 Å². The van der Waals surface area contributed by atoms with Crippen molar-refractivity contribution in [1.29, 1.82) is 0 Å². The summed E-state index contributed by atoms with van der Waals surface area (Å²) < 4.78 is 18.7. The largest absolute Gasteiger partial charge is 0.396 e. The number of aliphatic imine (C=N–C) groups is 1. The van der Waals surface area contributed by atoms with Gasteiger partial charge in [0.2, 0.25) is 0 Å². The molecule has 1 aliphatic carbocycles. The van der Waals surface area contributed by atoms with Gasteiger partial charge in [0.05, 0.1) is 6.61 Å². The summed E-state index contributed by atoms with van der Waals surface area (Å²) in [5, 5.41) is 16.1. The van der Waals surface area contributed by atoms with E-state index >= 15 is 0 Å². The number of hydrogen-bond acceptors (Lipinski definition) is 3. The molecule has 1 saturated heterocycles. The first-order chi connectivity index (χ1) is 12.1. The van der Waals surface area contributed by atoms with E-state index in [4.69, 9.17) is 4.74 Å². The van der Waals surface area contributed by atoms with Gasteiger partial charge in [0, 0.05) is 44.2 Å². The van der Waals surface area contributed by atoms with Crippen molar-refractivity contribution in [2.45, 2.75) is 31.1 Å². The van der Waals surface area contributed by atoms with Gasteiger partial charge in [-0.05, 0) is 43.4 Å². The zero-order chi connectivity index (χ0) is 17.8. The lowest BCUT2D eigenvalue weighted by Gasteiger charge is -2.28. The Kier molecular flexibility index (Phi) is 5.59. The molecule has 0 radical (unpaired) electrons. The predicted molar refractivity (Wildman–Crippen MR) is 96.2 cm³/mol. The number of benzene rings is 1. The van der Waals surface area contributed by atoms with Gasteiger partial charge >= 0.3 is 0 Å². The summed E-state index contributed by atoms with van der Waals surface area (Å²) in [6, 6.07) is 6.82. The van der Waals surface area contributed by atoms with Crippen molar-refractivity contribution in [1.82, 2.24) is 10.6 Å². The second-order valence-electron chi connectivity index (χ2n) is 7.34. The van der Waals surface area contributed by atoms with E-state index in [1.807, 2.05) is 12.1 Å². The highest BCUT2D eigenvalue weighted by Gasteiger charge is 2.44. The van der Waals surface area contributed by atoms with Crippen molar-refractivity contribution in [2.24, 2.45) is 10.4 Å². The lowest BCUT2D eigenvalue weighted by molar-refractivity contribution is 0.127. The van der Waals surface area contributed by atoms with Crippen molar-refractivity contribution in [3.05, 3.63) is 35.6 Å². The van der Waals surface area contributed by atoms with Crippen LogP contribution in [0.5, 0.6) is 0 Å². The minimum absolute atomic E-state index is 0.0133. The number of nitrogens with one attached hydrogen (secondary N) is 2. The predicted octanol–water partition coefficient (Wildman–Crippen LogP) is 1.81. The van der Waals surface area contributed by atoms with E-state index in [0.29, 0.717) is 6.61 Å². The summed E-state index contributed by atoms with van der Waals surface area (Å²) in [7, 11) is 1.76. The molecule has 5 nitrogen and oxygen atoms in total. The van der Waals surface area contributed by atoms with Crippen LogP contribution in [0.25, 0.3) is 0 Å². The summed E-state index contributed by atoms with van der Waals surface area (Å²) in [5.41, 5.74) is 1.25. The lowest BCUT2D eigenvalue weighted by atomic mass is 9.84. The Hall–Kier alpha value is -1.66. The highest BCUT2D eigenvalue weighted by Crippen LogP contribution is 2.47. The van der Waals surface area contributed by atoms with Gasteiger partial charge in [-0.25, -0.2) is 4.39 Å². The average molecular weight is 349 g/mol. The maximum atomic E-state index is 13.1. The van der Waals surface area contributed by atoms with Gasteiger partial charge in [0.1, 0.15) is 5.82 Å². The Morgan fingerprint density at radius 1 is 1.20 bits per heavy atom. The van der Waals surface area contributed by atoms with Crippen LogP contribution in [-0.4, -0.2) is 51.0 Å². The van der Waals surface area contributed by atoms with Gasteiger partial charge in [-0.15, -0.1) is 0 Å². The highest BCUT2D eigenvalue weighted by atomic mass is 19.1. The fourth-order valence-electron chi connectivity index (χ4n) is 3.58. The van der Waals surface area contributed by atoms with Gasteiger partial charge in [-0.3, -0.25) is 4.99 Å². The zero-order valence-corrected chi connectivity index (χ0v) is 14.9. The number of rotatable bonds is 7. The molecule has 3 rings (SSSR count). The fourth-order valence-corrected chi connectivity index (χ4v) is 3.58. The maximum absolute atomic E-state index is 13.1. The molecule has 1 saturated carbocycles. The van der Waals surface area contributed by atoms with E-state index in [2.05, 4.69) is 15.6 Å². The molecule has 0 bridgehead atoms. The van der Waals surface area contributed by atoms with Gasteiger partial charge in [-0.2, -0.15) is 0 Å². The zero-order valence-electron chi connectivity index (χ0n) is 14.9. The smallest absolute Gasteiger partial charge is 0.191 e. The SMILES string of the molecule is CN=C(NCC1(CCO)CCOC1)NCC1(c2ccc(F)cc2)CC1. The van der Waals surface area contributed by atoms with Crippen LogP contribution in [-0.2, 0) is 10.2 Å². The molecule has 1 unspecified atom stereocenters. The third kappa shape index (κ3) is 4.30. The molecule has 0 aromatic heterocycles. The number of guanidine groups is 1. The van der Waals surface area contributed by atoms with Crippen LogP contribution in [0.3, 0.4) is 0 Å². The first kappa shape index (κ1) is 18.1. The Bertz CT molecular complexity index is 593. The minimum Gasteiger partial charge on any atom is -0.396 e. The molecule has 1 aliphatic heterocycles. The lowest BCUT2D eigenvalue weighted by Crippen LogP contribution is -2.46. The van der Waals surface area contributed by atoms with Crippen LogP contribution in [0.2, 0.25) is 0 Å². The first-order valence-electron chi connectivity index (χ1n) is 9.01. The monoisotopic (exact) mass is 349 g/mol. The van der Waals surface area contributed by atoms with Crippen LogP contribution in [0.15, 0.2) is 29.3 Å². The van der Waals surface area contributed by atoms with Crippen molar-refractivity contribution in [3.63, 3.8) is 0 Å². The van der Waals surface area contributed by atoms with Crippen LogP contribution >= 0.6 is 0 Å². The Morgan fingerprint density at radius 2 is 1.92 bits per heavy atom. The Morgan fingerprint density at radius 3 is 2.48 bits per heavy atom. The summed E-state index contributed by atoms with van der Waals surface area (Å²) in [5.74, 6) is 0.565. The standard InChI is InChI=1S/C19H28FN3O2/c1-21-17(22-12-18(8-10-24)9-11-25-14-18)23-13-19(6-7-19)15-2-4-16(20)5-3-15/h2-5,24H,6-14H2,1H3,(H2,21,22,23). The number of nitrogens with zero attached hydrogens (tertiary/aromatic N) is 1. The minimum atomic E-state index is -0.196. The number of aliphatic hydroxyl groups is 1. The summed E-state index contributed by atoms with van der Waals surface area (Å²) in [6.45, 7) is 3.11. The molecule has 2 fully saturated rings. The van der Waals surface area contributed by atoms with Gasteiger partial charge in [0.25, 0.3) is 0 Å². The van der Waals surface area contributed by atoms with Gasteiger partial charge < -0.3 is 20.5 Å². The number of aliphatic hydroxyl groups excluding tert-OH is 1. The third-order valence-corrected chi connectivity index (χ3v) is 5.59. The van der Waals surface area contributed by atoms with Crippen molar-refractivity contribution < 1.29 is 14.2 Å². The number of ether oxygens (including phenoxy) is 1. The molecule has 0 spiro atoms. The van der Waals surface area contributed by atoms with E-state index < -0.39 is 0 Å². The maximum Gasteiger partial charge on any atom is 0.191 e. The van der Waals surface area contributed by atoms with Crippen LogP contribution < -0.4 is 10.6 Å². The Labute approximate surface area is 148 Å². The van der Waals surface area contributed by atoms with Gasteiger partial charge in [0.15, 0.2) is 5.96 Å². The summed E-state index contributed by atoms with van der Waals surface area (Å²) in [4.78, 5) is 4.31. The third-order valence-electron chi connectivity index (χ3n) is 5.59. The van der Waals surface area contributed by atoms with Crippen molar-refractivity contribution in [2.75, 3.05) is 40.0 Å². The summed E-state index contributed by atoms with van der Waals surface area (Å²) >= 11 is 0. The van der Waals surface area contributed by atoms with Gasteiger partial charge in [-0.1, -0.05) is 12.1 Å². The second kappa shape index (κ2) is 7.70. The molecule has 25 heavy (non-hydrogen) atoms. The second-order valence-corrected chi connectivity index (χ2v) is 7.34. The highest BCUT2D eigenvalue weighted by molar-refractivity contribution is 5.79. The van der Waals surface area contributed by atoms with Crippen LogP contribution in [0.4, 0.5) is 4.39 Å².